The van der Waals surface area contributed by atoms with Gasteiger partial charge in [0.2, 0.25) is 0 Å². The summed E-state index contributed by atoms with van der Waals surface area (Å²) in [5.74, 6) is 1.07. The molecule has 0 aromatic heterocycles. The first-order chi connectivity index (χ1) is 13.3. The molecule has 5 heteroatoms. The van der Waals surface area contributed by atoms with Crippen LogP contribution in [0.25, 0.3) is 0 Å². The maximum absolute atomic E-state index is 12.7. The van der Waals surface area contributed by atoms with Crippen molar-refractivity contribution < 1.29 is 14.3 Å². The summed E-state index contributed by atoms with van der Waals surface area (Å²) < 4.78 is 11.5. The highest BCUT2D eigenvalue weighted by atomic mass is 16.5. The van der Waals surface area contributed by atoms with Gasteiger partial charge in [0.15, 0.2) is 0 Å². The van der Waals surface area contributed by atoms with Crippen molar-refractivity contribution in [2.24, 2.45) is 5.92 Å². The Balaban J connectivity index is 1.49. The number of hydrogen-bond donors (Lipinski definition) is 1. The highest BCUT2D eigenvalue weighted by molar-refractivity contribution is 5.91. The van der Waals surface area contributed by atoms with Crippen LogP contribution in [0.5, 0.6) is 5.75 Å². The van der Waals surface area contributed by atoms with Crippen LogP contribution < -0.4 is 10.1 Å². The lowest BCUT2D eigenvalue weighted by Gasteiger charge is -2.32. The molecular formula is C22H28N2O3. The van der Waals surface area contributed by atoms with Gasteiger partial charge in [0.25, 0.3) is 0 Å². The predicted octanol–water partition coefficient (Wildman–Crippen LogP) is 4.55. The Labute approximate surface area is 161 Å². The van der Waals surface area contributed by atoms with Gasteiger partial charge < -0.3 is 19.7 Å². The van der Waals surface area contributed by atoms with Gasteiger partial charge in [0.05, 0.1) is 25.5 Å². The molecule has 144 valence electrons. The lowest BCUT2D eigenvalue weighted by molar-refractivity contribution is 0.0606. The molecule has 1 N–H and O–H groups in total. The van der Waals surface area contributed by atoms with E-state index in [0.29, 0.717) is 37.2 Å². The van der Waals surface area contributed by atoms with Crippen molar-refractivity contribution >= 4 is 11.7 Å². The molecule has 1 fully saturated rings. The summed E-state index contributed by atoms with van der Waals surface area (Å²) in [7, 11) is 0. The Hall–Kier alpha value is -2.53. The Morgan fingerprint density at radius 1 is 1.15 bits per heavy atom. The molecular weight excluding hydrogens is 340 g/mol. The number of amides is 2. The fourth-order valence-electron chi connectivity index (χ4n) is 3.35. The van der Waals surface area contributed by atoms with Crippen LogP contribution in [0.15, 0.2) is 54.6 Å². The summed E-state index contributed by atoms with van der Waals surface area (Å²) in [6.07, 6.45) is 2.09. The van der Waals surface area contributed by atoms with Crippen molar-refractivity contribution in [2.75, 3.05) is 31.6 Å². The molecule has 2 aromatic rings. The van der Waals surface area contributed by atoms with Crippen LogP contribution in [0.2, 0.25) is 0 Å². The van der Waals surface area contributed by atoms with Crippen LogP contribution >= 0.6 is 0 Å². The molecule has 1 unspecified atom stereocenters. The summed E-state index contributed by atoms with van der Waals surface area (Å²) in [6, 6.07) is 17.6. The molecule has 0 aliphatic carbocycles. The molecule has 0 radical (unpaired) electrons. The molecule has 1 aliphatic heterocycles. The molecule has 0 saturated carbocycles. The number of anilines is 1. The highest BCUT2D eigenvalue weighted by Crippen LogP contribution is 2.25. The zero-order valence-electron chi connectivity index (χ0n) is 15.9. The number of benzene rings is 2. The van der Waals surface area contributed by atoms with Gasteiger partial charge in [-0.15, -0.1) is 0 Å². The second kappa shape index (κ2) is 9.97. The highest BCUT2D eigenvalue weighted by Gasteiger charge is 2.24. The first-order valence-corrected chi connectivity index (χ1v) is 9.65. The minimum Gasteiger partial charge on any atom is -0.492 e. The summed E-state index contributed by atoms with van der Waals surface area (Å²) in [6.45, 7) is 5.29. The van der Waals surface area contributed by atoms with Crippen LogP contribution in [0.3, 0.4) is 0 Å². The fraction of sp³-hybridized carbons (Fsp3) is 0.409. The number of likely N-dealkylation sites (tertiary alicyclic amines) is 1. The maximum Gasteiger partial charge on any atom is 0.321 e. The Morgan fingerprint density at radius 3 is 2.74 bits per heavy atom. The SMILES string of the molecule is CCOc1ccccc1NC(=O)N1CCCC(COCc2ccccc2)C1. The van der Waals surface area contributed by atoms with E-state index in [-0.39, 0.29) is 6.03 Å². The molecule has 27 heavy (non-hydrogen) atoms. The number of rotatable bonds is 7. The number of nitrogens with one attached hydrogen (secondary N) is 1. The number of piperidine rings is 1. The third-order valence-corrected chi connectivity index (χ3v) is 4.70. The van der Waals surface area contributed by atoms with Gasteiger partial charge in [-0.25, -0.2) is 4.79 Å². The van der Waals surface area contributed by atoms with Gasteiger partial charge in [-0.1, -0.05) is 42.5 Å². The first-order valence-electron chi connectivity index (χ1n) is 9.65. The second-order valence-electron chi connectivity index (χ2n) is 6.81. The number of nitrogens with zero attached hydrogens (tertiary/aromatic N) is 1. The number of hydrogen-bond acceptors (Lipinski definition) is 3. The zero-order valence-corrected chi connectivity index (χ0v) is 15.9. The van der Waals surface area contributed by atoms with Crippen molar-refractivity contribution in [3.63, 3.8) is 0 Å². The third-order valence-electron chi connectivity index (χ3n) is 4.70. The van der Waals surface area contributed by atoms with Crippen molar-refractivity contribution in [1.29, 1.82) is 0 Å². The van der Waals surface area contributed by atoms with Gasteiger partial charge in [0, 0.05) is 19.0 Å². The summed E-state index contributed by atoms with van der Waals surface area (Å²) in [4.78, 5) is 14.6. The van der Waals surface area contributed by atoms with E-state index in [1.165, 1.54) is 5.56 Å². The molecule has 1 heterocycles. The van der Waals surface area contributed by atoms with Gasteiger partial charge >= 0.3 is 6.03 Å². The van der Waals surface area contributed by atoms with E-state index in [1.807, 2.05) is 54.3 Å². The minimum atomic E-state index is -0.0742. The van der Waals surface area contributed by atoms with E-state index in [0.717, 1.165) is 25.9 Å². The second-order valence-corrected chi connectivity index (χ2v) is 6.81. The standard InChI is InChI=1S/C22H28N2O3/c1-2-27-21-13-7-6-12-20(21)23-22(25)24-14-8-11-19(15-24)17-26-16-18-9-4-3-5-10-18/h3-7,9-10,12-13,19H,2,8,11,14-17H2,1H3,(H,23,25). The summed E-state index contributed by atoms with van der Waals surface area (Å²) in [5, 5.41) is 2.99. The predicted molar refractivity (Wildman–Crippen MR) is 107 cm³/mol. The summed E-state index contributed by atoms with van der Waals surface area (Å²) >= 11 is 0. The Morgan fingerprint density at radius 2 is 1.93 bits per heavy atom. The average molecular weight is 368 g/mol. The number of urea groups is 1. The molecule has 1 saturated heterocycles. The van der Waals surface area contributed by atoms with Crippen LogP contribution in [-0.4, -0.2) is 37.2 Å². The number of para-hydroxylation sites is 2. The average Bonchev–Trinajstić information content (AvgIpc) is 2.71. The molecule has 1 atom stereocenters. The van der Waals surface area contributed by atoms with Gasteiger partial charge in [0.1, 0.15) is 5.75 Å². The number of carbonyl (C=O) groups excluding carboxylic acids is 1. The van der Waals surface area contributed by atoms with Gasteiger partial charge in [-0.3, -0.25) is 0 Å². The molecule has 0 spiro atoms. The van der Waals surface area contributed by atoms with E-state index in [4.69, 9.17) is 9.47 Å². The smallest absolute Gasteiger partial charge is 0.321 e. The van der Waals surface area contributed by atoms with Crippen molar-refractivity contribution in [1.82, 2.24) is 4.90 Å². The van der Waals surface area contributed by atoms with Crippen LogP contribution in [0.1, 0.15) is 25.3 Å². The first kappa shape index (κ1) is 19.2. The van der Waals surface area contributed by atoms with Gasteiger partial charge in [-0.2, -0.15) is 0 Å². The topological polar surface area (TPSA) is 50.8 Å². The molecule has 2 aromatic carbocycles. The van der Waals surface area contributed by atoms with E-state index in [9.17, 15) is 4.79 Å². The van der Waals surface area contributed by atoms with Crippen molar-refractivity contribution in [2.45, 2.75) is 26.4 Å². The fourth-order valence-corrected chi connectivity index (χ4v) is 3.35. The maximum atomic E-state index is 12.7. The zero-order chi connectivity index (χ0) is 18.9. The number of carbonyl (C=O) groups is 1. The minimum absolute atomic E-state index is 0.0742. The molecule has 2 amide bonds. The van der Waals surface area contributed by atoms with E-state index in [1.54, 1.807) is 0 Å². The number of ether oxygens (including phenoxy) is 2. The normalized spacial score (nSPS) is 16.8. The Kier molecular flexibility index (Phi) is 7.11. The van der Waals surface area contributed by atoms with E-state index >= 15 is 0 Å². The van der Waals surface area contributed by atoms with Crippen molar-refractivity contribution in [3.8, 4) is 5.75 Å². The van der Waals surface area contributed by atoms with E-state index in [2.05, 4.69) is 17.4 Å². The molecule has 3 rings (SSSR count). The molecule has 1 aliphatic rings. The van der Waals surface area contributed by atoms with Crippen LogP contribution in [0, 0.1) is 5.92 Å². The van der Waals surface area contributed by atoms with Crippen LogP contribution in [0.4, 0.5) is 10.5 Å². The lowest BCUT2D eigenvalue weighted by Crippen LogP contribution is -2.43. The molecule has 0 bridgehead atoms. The lowest BCUT2D eigenvalue weighted by atomic mass is 9.99. The van der Waals surface area contributed by atoms with Gasteiger partial charge in [-0.05, 0) is 37.5 Å². The Bertz CT molecular complexity index is 721. The monoisotopic (exact) mass is 368 g/mol. The quantitative estimate of drug-likeness (QED) is 0.780. The van der Waals surface area contributed by atoms with E-state index < -0.39 is 0 Å². The molecule has 5 nitrogen and oxygen atoms in total. The largest absolute Gasteiger partial charge is 0.492 e. The van der Waals surface area contributed by atoms with Crippen LogP contribution in [-0.2, 0) is 11.3 Å². The van der Waals surface area contributed by atoms with Crippen molar-refractivity contribution in [3.05, 3.63) is 60.2 Å². The third kappa shape index (κ3) is 5.73. The summed E-state index contributed by atoms with van der Waals surface area (Å²) in [5.41, 5.74) is 1.89.